The van der Waals surface area contributed by atoms with Gasteiger partial charge < -0.3 is 0 Å². The molecule has 1 aliphatic rings. The van der Waals surface area contributed by atoms with Gasteiger partial charge in [0.15, 0.2) is 0 Å². The molecule has 0 aliphatic carbocycles. The lowest BCUT2D eigenvalue weighted by molar-refractivity contribution is 0.222. The Morgan fingerprint density at radius 2 is 1.70 bits per heavy atom. The number of nitrogens with zero attached hydrogens (tertiary/aromatic N) is 3. The second-order valence-electron chi connectivity index (χ2n) is 8.43. The molecule has 1 fully saturated rings. The molecule has 0 saturated carbocycles. The topological polar surface area (TPSA) is 55.2 Å². The van der Waals surface area contributed by atoms with Crippen molar-refractivity contribution in [1.29, 1.82) is 0 Å². The summed E-state index contributed by atoms with van der Waals surface area (Å²) in [5, 5.41) is 4.59. The minimum Gasteiger partial charge on any atom is -0.269 e. The first-order chi connectivity index (χ1) is 10.4. The van der Waals surface area contributed by atoms with E-state index in [1.54, 1.807) is 15.2 Å². The average molecular weight is 342 g/mol. The third-order valence-corrected chi connectivity index (χ3v) is 6.22. The SMILES string of the molecule is CC1CC(C)CN(S(=O)(=O)c2cn(C(C)C)nc2C(C)(C)C)C1. The van der Waals surface area contributed by atoms with Crippen LogP contribution in [-0.4, -0.2) is 35.6 Å². The van der Waals surface area contributed by atoms with Gasteiger partial charge in [0.1, 0.15) is 4.90 Å². The van der Waals surface area contributed by atoms with Crippen LogP contribution in [-0.2, 0) is 15.4 Å². The van der Waals surface area contributed by atoms with Gasteiger partial charge in [-0.1, -0.05) is 34.6 Å². The molecule has 5 nitrogen and oxygen atoms in total. The Morgan fingerprint density at radius 3 is 2.13 bits per heavy atom. The first-order valence-corrected chi connectivity index (χ1v) is 9.96. The maximum Gasteiger partial charge on any atom is 0.246 e. The van der Waals surface area contributed by atoms with Gasteiger partial charge in [0.25, 0.3) is 0 Å². The van der Waals surface area contributed by atoms with Crippen molar-refractivity contribution < 1.29 is 8.42 Å². The van der Waals surface area contributed by atoms with Gasteiger partial charge in [0.05, 0.1) is 5.69 Å². The summed E-state index contributed by atoms with van der Waals surface area (Å²) in [6.07, 6.45) is 2.80. The van der Waals surface area contributed by atoms with Gasteiger partial charge in [-0.25, -0.2) is 8.42 Å². The van der Waals surface area contributed by atoms with Crippen LogP contribution in [0.4, 0.5) is 0 Å². The summed E-state index contributed by atoms with van der Waals surface area (Å²) in [6, 6.07) is 0.138. The third kappa shape index (κ3) is 3.79. The lowest BCUT2D eigenvalue weighted by Gasteiger charge is -2.34. The van der Waals surface area contributed by atoms with E-state index in [4.69, 9.17) is 0 Å². The van der Waals surface area contributed by atoms with E-state index in [0.717, 1.165) is 6.42 Å². The van der Waals surface area contributed by atoms with Crippen LogP contribution >= 0.6 is 0 Å². The molecule has 2 atom stereocenters. The predicted molar refractivity (Wildman–Crippen MR) is 93.0 cm³/mol. The Labute approximate surface area is 141 Å². The van der Waals surface area contributed by atoms with Crippen LogP contribution in [0.3, 0.4) is 0 Å². The fourth-order valence-corrected chi connectivity index (χ4v) is 5.30. The molecule has 0 radical (unpaired) electrons. The molecular weight excluding hydrogens is 310 g/mol. The standard InChI is InChI=1S/C17H31N3O2S/c1-12(2)20-11-15(16(18-20)17(5,6)7)23(21,22)19-9-13(3)8-14(4)10-19/h11-14H,8-10H2,1-7H3. The molecule has 2 heterocycles. The van der Waals surface area contributed by atoms with Crippen molar-refractivity contribution in [2.24, 2.45) is 11.8 Å². The smallest absolute Gasteiger partial charge is 0.246 e. The van der Waals surface area contributed by atoms with Crippen molar-refractivity contribution >= 4 is 10.0 Å². The fourth-order valence-electron chi connectivity index (χ4n) is 3.29. The van der Waals surface area contributed by atoms with E-state index in [1.165, 1.54) is 0 Å². The van der Waals surface area contributed by atoms with Crippen molar-refractivity contribution in [1.82, 2.24) is 14.1 Å². The molecule has 0 amide bonds. The van der Waals surface area contributed by atoms with Crippen molar-refractivity contribution in [3.8, 4) is 0 Å². The number of sulfonamides is 1. The molecule has 0 spiro atoms. The van der Waals surface area contributed by atoms with E-state index >= 15 is 0 Å². The van der Waals surface area contributed by atoms with E-state index in [9.17, 15) is 8.42 Å². The first-order valence-electron chi connectivity index (χ1n) is 8.52. The lowest BCUT2D eigenvalue weighted by Crippen LogP contribution is -2.43. The van der Waals surface area contributed by atoms with Crippen LogP contribution in [0.2, 0.25) is 0 Å². The van der Waals surface area contributed by atoms with E-state index in [-0.39, 0.29) is 11.5 Å². The van der Waals surface area contributed by atoms with Crippen LogP contribution in [0.1, 0.15) is 66.6 Å². The lowest BCUT2D eigenvalue weighted by atomic mass is 9.92. The minimum atomic E-state index is -3.50. The summed E-state index contributed by atoms with van der Waals surface area (Å²) in [6.45, 7) is 15.5. The molecule has 0 bridgehead atoms. The van der Waals surface area contributed by atoms with E-state index < -0.39 is 10.0 Å². The molecule has 0 N–H and O–H groups in total. The van der Waals surface area contributed by atoms with Crippen LogP contribution in [0.5, 0.6) is 0 Å². The minimum absolute atomic E-state index is 0.138. The zero-order valence-electron chi connectivity index (χ0n) is 15.5. The molecule has 1 aromatic rings. The van der Waals surface area contributed by atoms with Gasteiger partial charge in [-0.3, -0.25) is 4.68 Å². The highest BCUT2D eigenvalue weighted by Gasteiger charge is 2.37. The zero-order chi connectivity index (χ0) is 17.6. The predicted octanol–water partition coefficient (Wildman–Crippen LogP) is 3.43. The zero-order valence-corrected chi connectivity index (χ0v) is 16.3. The molecule has 132 valence electrons. The van der Waals surface area contributed by atoms with Gasteiger partial charge in [0, 0.05) is 30.7 Å². The van der Waals surface area contributed by atoms with Gasteiger partial charge in [-0.2, -0.15) is 9.40 Å². The number of piperidine rings is 1. The number of rotatable bonds is 3. The second-order valence-corrected chi connectivity index (χ2v) is 10.3. The highest BCUT2D eigenvalue weighted by Crippen LogP contribution is 2.33. The maximum atomic E-state index is 13.3. The number of hydrogen-bond acceptors (Lipinski definition) is 3. The molecular formula is C17H31N3O2S. The summed E-state index contributed by atoms with van der Waals surface area (Å²) >= 11 is 0. The van der Waals surface area contributed by atoms with Crippen LogP contribution in [0.15, 0.2) is 11.1 Å². The van der Waals surface area contributed by atoms with Crippen LogP contribution in [0, 0.1) is 11.8 Å². The summed E-state index contributed by atoms with van der Waals surface area (Å²) in [7, 11) is -3.50. The number of hydrogen-bond donors (Lipinski definition) is 0. The fraction of sp³-hybridized carbons (Fsp3) is 0.824. The highest BCUT2D eigenvalue weighted by atomic mass is 32.2. The van der Waals surface area contributed by atoms with Crippen molar-refractivity contribution in [3.63, 3.8) is 0 Å². The van der Waals surface area contributed by atoms with Crippen LogP contribution in [0.25, 0.3) is 0 Å². The molecule has 2 rings (SSSR count). The van der Waals surface area contributed by atoms with E-state index in [0.29, 0.717) is 35.5 Å². The average Bonchev–Trinajstić information content (AvgIpc) is 2.83. The molecule has 1 aliphatic heterocycles. The summed E-state index contributed by atoms with van der Waals surface area (Å²) in [5.41, 5.74) is 0.354. The maximum absolute atomic E-state index is 13.3. The normalized spacial score (nSPS) is 24.3. The monoisotopic (exact) mass is 341 g/mol. The summed E-state index contributed by atoms with van der Waals surface area (Å²) < 4.78 is 29.9. The van der Waals surface area contributed by atoms with Crippen molar-refractivity contribution in [2.45, 2.75) is 71.2 Å². The molecule has 1 aromatic heterocycles. The van der Waals surface area contributed by atoms with Crippen LogP contribution < -0.4 is 0 Å². The molecule has 1 saturated heterocycles. The quantitative estimate of drug-likeness (QED) is 0.846. The summed E-state index contributed by atoms with van der Waals surface area (Å²) in [5.74, 6) is 0.790. The Balaban J connectivity index is 2.50. The molecule has 2 unspecified atom stereocenters. The van der Waals surface area contributed by atoms with Gasteiger partial charge >= 0.3 is 0 Å². The van der Waals surface area contributed by atoms with E-state index in [2.05, 4.69) is 18.9 Å². The number of aromatic nitrogens is 2. The molecule has 0 aromatic carbocycles. The van der Waals surface area contributed by atoms with Crippen molar-refractivity contribution in [3.05, 3.63) is 11.9 Å². The van der Waals surface area contributed by atoms with Gasteiger partial charge in [-0.05, 0) is 32.1 Å². The largest absolute Gasteiger partial charge is 0.269 e. The Morgan fingerprint density at radius 1 is 1.17 bits per heavy atom. The molecule has 23 heavy (non-hydrogen) atoms. The van der Waals surface area contributed by atoms with Crippen molar-refractivity contribution in [2.75, 3.05) is 13.1 Å². The van der Waals surface area contributed by atoms with Gasteiger partial charge in [0.2, 0.25) is 10.0 Å². The first kappa shape index (κ1) is 18.5. The summed E-state index contributed by atoms with van der Waals surface area (Å²) in [4.78, 5) is 0.375. The third-order valence-electron chi connectivity index (χ3n) is 4.39. The Kier molecular flexibility index (Phi) is 4.98. The second kappa shape index (κ2) is 6.20. The molecule has 6 heteroatoms. The Hall–Kier alpha value is -0.880. The highest BCUT2D eigenvalue weighted by molar-refractivity contribution is 7.89. The van der Waals surface area contributed by atoms with E-state index in [1.807, 2.05) is 34.6 Å². The Bertz CT molecular complexity index is 646. The van der Waals surface area contributed by atoms with Gasteiger partial charge in [-0.15, -0.1) is 0 Å².